The molecule has 3 N–H and O–H groups in total. The molecule has 4 saturated carbocycles. The molecular formula is C17H28N2OS. The van der Waals surface area contributed by atoms with Crippen LogP contribution in [0.2, 0.25) is 0 Å². The van der Waals surface area contributed by atoms with E-state index in [1.165, 1.54) is 38.5 Å². The molecule has 4 aliphatic carbocycles. The maximum Gasteiger partial charge on any atom is 0.221 e. The van der Waals surface area contributed by atoms with E-state index in [0.717, 1.165) is 5.92 Å². The zero-order valence-corrected chi connectivity index (χ0v) is 14.3. The van der Waals surface area contributed by atoms with Crippen LogP contribution in [0.3, 0.4) is 0 Å². The van der Waals surface area contributed by atoms with Crippen LogP contribution in [0.25, 0.3) is 0 Å². The first-order valence-electron chi connectivity index (χ1n) is 8.22. The second-order valence-corrected chi connectivity index (χ2v) is 9.47. The molecule has 4 bridgehead atoms. The largest absolute Gasteiger partial charge is 0.392 e. The molecule has 4 heteroatoms. The van der Waals surface area contributed by atoms with Gasteiger partial charge in [0.25, 0.3) is 0 Å². The Bertz CT molecular complexity index is 471. The predicted octanol–water partition coefficient (Wildman–Crippen LogP) is 3.16. The zero-order chi connectivity index (χ0) is 15.5. The Kier molecular flexibility index (Phi) is 3.40. The van der Waals surface area contributed by atoms with E-state index in [0.29, 0.717) is 22.2 Å². The van der Waals surface area contributed by atoms with Gasteiger partial charge in [-0.1, -0.05) is 26.1 Å². The van der Waals surface area contributed by atoms with Crippen LogP contribution in [0.15, 0.2) is 0 Å². The zero-order valence-electron chi connectivity index (χ0n) is 13.5. The summed E-state index contributed by atoms with van der Waals surface area (Å²) in [6.45, 7) is 6.75. The van der Waals surface area contributed by atoms with Crippen molar-refractivity contribution in [2.75, 3.05) is 0 Å². The normalized spacial score (nSPS) is 45.4. The summed E-state index contributed by atoms with van der Waals surface area (Å²) in [5, 5.41) is 2.97. The third kappa shape index (κ3) is 2.84. The van der Waals surface area contributed by atoms with E-state index in [1.807, 2.05) is 6.92 Å². The molecule has 21 heavy (non-hydrogen) atoms. The number of hydrogen-bond donors (Lipinski definition) is 2. The average molecular weight is 308 g/mol. The molecular weight excluding hydrogens is 280 g/mol. The molecule has 3 nitrogen and oxygen atoms in total. The molecule has 1 amide bonds. The summed E-state index contributed by atoms with van der Waals surface area (Å²) >= 11 is 4.95. The molecule has 0 aromatic heterocycles. The number of nitrogens with two attached hydrogens (primary N) is 1. The fourth-order valence-electron chi connectivity index (χ4n) is 6.59. The van der Waals surface area contributed by atoms with Gasteiger partial charge in [0.1, 0.15) is 0 Å². The van der Waals surface area contributed by atoms with E-state index >= 15 is 0 Å². The molecule has 4 aliphatic rings. The molecule has 0 radical (unpaired) electrons. The van der Waals surface area contributed by atoms with Crippen LogP contribution < -0.4 is 11.1 Å². The predicted molar refractivity (Wildman–Crippen MR) is 88.8 cm³/mol. The Morgan fingerprint density at radius 3 is 2.29 bits per heavy atom. The molecule has 3 unspecified atom stereocenters. The van der Waals surface area contributed by atoms with Crippen LogP contribution in [0.5, 0.6) is 0 Å². The fraction of sp³-hybridized carbons (Fsp3) is 0.882. The molecule has 4 rings (SSSR count). The Morgan fingerprint density at radius 1 is 1.24 bits per heavy atom. The molecule has 0 heterocycles. The molecule has 118 valence electrons. The number of amides is 1. The summed E-state index contributed by atoms with van der Waals surface area (Å²) < 4.78 is 0. The van der Waals surface area contributed by atoms with Gasteiger partial charge in [-0.05, 0) is 67.6 Å². The second kappa shape index (κ2) is 4.68. The van der Waals surface area contributed by atoms with E-state index in [2.05, 4.69) is 19.2 Å². The molecule has 0 aromatic rings. The number of rotatable bonds is 4. The van der Waals surface area contributed by atoms with Crippen LogP contribution in [-0.2, 0) is 4.79 Å². The van der Waals surface area contributed by atoms with Crippen molar-refractivity contribution in [3.05, 3.63) is 0 Å². The van der Waals surface area contributed by atoms with Crippen LogP contribution in [0, 0.1) is 22.2 Å². The first kappa shape index (κ1) is 15.3. The monoisotopic (exact) mass is 308 g/mol. The van der Waals surface area contributed by atoms with Crippen molar-refractivity contribution in [1.82, 2.24) is 5.32 Å². The summed E-state index contributed by atoms with van der Waals surface area (Å²) in [6.07, 6.45) is 8.43. The topological polar surface area (TPSA) is 55.1 Å². The highest BCUT2D eigenvalue weighted by Crippen LogP contribution is 2.70. The highest BCUT2D eigenvalue weighted by Gasteiger charge is 2.60. The van der Waals surface area contributed by atoms with E-state index in [1.54, 1.807) is 0 Å². The number of nitrogens with one attached hydrogen (secondary N) is 1. The van der Waals surface area contributed by atoms with Gasteiger partial charge in [-0.3, -0.25) is 4.79 Å². The molecule has 4 fully saturated rings. The Morgan fingerprint density at radius 2 is 1.81 bits per heavy atom. The lowest BCUT2D eigenvalue weighted by molar-refractivity contribution is -0.156. The Balaban J connectivity index is 1.73. The standard InChI is InChI=1S/C17H28N2OS/c1-11(14(18)21)19-13(20)7-17-6-12-4-15(2,9-17)8-16(3,5-12)10-17/h11-12H,4-10H2,1-3H3,(H2,18,21)(H,19,20). The van der Waals surface area contributed by atoms with Crippen LogP contribution in [0.1, 0.15) is 65.7 Å². The maximum atomic E-state index is 12.4. The minimum atomic E-state index is -0.201. The summed E-state index contributed by atoms with van der Waals surface area (Å²) in [7, 11) is 0. The van der Waals surface area contributed by atoms with E-state index in [9.17, 15) is 4.79 Å². The van der Waals surface area contributed by atoms with Crippen molar-refractivity contribution < 1.29 is 4.79 Å². The van der Waals surface area contributed by atoms with Gasteiger partial charge < -0.3 is 11.1 Å². The number of thiocarbonyl (C=S) groups is 1. The van der Waals surface area contributed by atoms with Gasteiger partial charge >= 0.3 is 0 Å². The Labute approximate surface area is 133 Å². The summed E-state index contributed by atoms with van der Waals surface area (Å²) in [5.41, 5.74) is 6.75. The molecule has 0 saturated heterocycles. The van der Waals surface area contributed by atoms with Crippen molar-refractivity contribution in [2.24, 2.45) is 27.9 Å². The van der Waals surface area contributed by atoms with Gasteiger partial charge in [-0.2, -0.15) is 0 Å². The third-order valence-corrected chi connectivity index (χ3v) is 6.44. The second-order valence-electron chi connectivity index (χ2n) is 9.00. The molecule has 0 aromatic carbocycles. The Hall–Kier alpha value is -0.640. The highest BCUT2D eigenvalue weighted by molar-refractivity contribution is 7.80. The van der Waals surface area contributed by atoms with Crippen LogP contribution in [0.4, 0.5) is 0 Å². The van der Waals surface area contributed by atoms with Gasteiger partial charge in [-0.15, -0.1) is 0 Å². The van der Waals surface area contributed by atoms with Gasteiger partial charge in [0, 0.05) is 6.42 Å². The number of hydrogen-bond acceptors (Lipinski definition) is 2. The summed E-state index contributed by atoms with van der Waals surface area (Å²) in [4.78, 5) is 12.8. The summed E-state index contributed by atoms with van der Waals surface area (Å²) in [6, 6.07) is -0.201. The minimum Gasteiger partial charge on any atom is -0.392 e. The smallest absolute Gasteiger partial charge is 0.221 e. The quantitative estimate of drug-likeness (QED) is 0.784. The van der Waals surface area contributed by atoms with Crippen LogP contribution in [-0.4, -0.2) is 16.9 Å². The summed E-state index contributed by atoms with van der Waals surface area (Å²) in [5.74, 6) is 0.960. The number of carbonyl (C=O) groups is 1. The van der Waals surface area contributed by atoms with Crippen molar-refractivity contribution >= 4 is 23.1 Å². The van der Waals surface area contributed by atoms with E-state index < -0.39 is 0 Å². The molecule has 0 spiro atoms. The van der Waals surface area contributed by atoms with Crippen molar-refractivity contribution in [3.63, 3.8) is 0 Å². The van der Waals surface area contributed by atoms with E-state index in [4.69, 9.17) is 18.0 Å². The molecule has 3 atom stereocenters. The first-order chi connectivity index (χ1) is 9.63. The average Bonchev–Trinajstić information content (AvgIpc) is 2.21. The minimum absolute atomic E-state index is 0.129. The first-order valence-corrected chi connectivity index (χ1v) is 8.62. The highest BCUT2D eigenvalue weighted by atomic mass is 32.1. The van der Waals surface area contributed by atoms with Crippen molar-refractivity contribution in [1.29, 1.82) is 0 Å². The van der Waals surface area contributed by atoms with Gasteiger partial charge in [0.05, 0.1) is 11.0 Å². The lowest BCUT2D eigenvalue weighted by Gasteiger charge is -2.65. The fourth-order valence-corrected chi connectivity index (χ4v) is 6.64. The SMILES string of the molecule is CC(NC(=O)CC12CC3CC(C)(CC(C)(C3)C1)C2)C(N)=S. The lowest BCUT2D eigenvalue weighted by atomic mass is 9.40. The van der Waals surface area contributed by atoms with Crippen molar-refractivity contribution in [2.45, 2.75) is 71.8 Å². The van der Waals surface area contributed by atoms with Crippen molar-refractivity contribution in [3.8, 4) is 0 Å². The number of carbonyl (C=O) groups excluding carboxylic acids is 1. The lowest BCUT2D eigenvalue weighted by Crippen LogP contribution is -2.56. The van der Waals surface area contributed by atoms with Gasteiger partial charge in [0.15, 0.2) is 0 Å². The van der Waals surface area contributed by atoms with Gasteiger partial charge in [-0.25, -0.2) is 0 Å². The maximum absolute atomic E-state index is 12.4. The third-order valence-electron chi connectivity index (χ3n) is 6.08. The van der Waals surface area contributed by atoms with Gasteiger partial charge in [0.2, 0.25) is 5.91 Å². The molecule has 0 aliphatic heterocycles. The van der Waals surface area contributed by atoms with Crippen LogP contribution >= 0.6 is 12.2 Å². The van der Waals surface area contributed by atoms with E-state index in [-0.39, 0.29) is 17.4 Å².